The molecular formula is C49H29N3. The van der Waals surface area contributed by atoms with Crippen molar-refractivity contribution in [2.24, 2.45) is 0 Å². The summed E-state index contributed by atoms with van der Waals surface area (Å²) < 4.78 is 0. The average Bonchev–Trinajstić information content (AvgIpc) is 3.23. The highest BCUT2D eigenvalue weighted by atomic mass is 14.9. The van der Waals surface area contributed by atoms with Crippen LogP contribution in [0.4, 0.5) is 0 Å². The summed E-state index contributed by atoms with van der Waals surface area (Å²) in [7, 11) is 0. The number of rotatable bonds is 5. The Bertz CT molecular complexity index is 2930. The maximum absolute atomic E-state index is 5.26. The molecule has 0 fully saturated rings. The fraction of sp³-hybridized carbons (Fsp3) is 0. The standard InChI is InChI=1S/C49H29N3/c1-2-11-33-26-36(22-21-32(33)10-1)34-12-7-14-37(27-34)47-30-48(38-15-8-13-35(28-38)40-16-9-25-50-31-40)52-49(51-47)39-23-24-45-43-19-4-3-17-41(43)42-18-5-6-20-44(42)46(45)29-39/h1-6,8-11,13-31H. The number of hydrogen-bond acceptors (Lipinski definition) is 3. The van der Waals surface area contributed by atoms with Crippen LogP contribution in [-0.4, -0.2) is 15.0 Å². The van der Waals surface area contributed by atoms with Crippen LogP contribution in [0, 0.1) is 12.1 Å². The lowest BCUT2D eigenvalue weighted by molar-refractivity contribution is 1.18. The van der Waals surface area contributed by atoms with Gasteiger partial charge < -0.3 is 0 Å². The Hall–Kier alpha value is -7.15. The Labute approximate surface area is 301 Å². The van der Waals surface area contributed by atoms with Gasteiger partial charge in [0.15, 0.2) is 5.82 Å². The average molecular weight is 660 g/mol. The minimum Gasteiger partial charge on any atom is -0.264 e. The van der Waals surface area contributed by atoms with Crippen LogP contribution in [0.25, 0.3) is 99.2 Å². The zero-order chi connectivity index (χ0) is 34.4. The number of fused-ring (bicyclic) bond motifs is 7. The summed E-state index contributed by atoms with van der Waals surface area (Å²) in [6, 6.07) is 64.3. The summed E-state index contributed by atoms with van der Waals surface area (Å²) in [5, 5.41) is 9.74. The second kappa shape index (κ2) is 12.3. The molecule has 0 unspecified atom stereocenters. The van der Waals surface area contributed by atoms with Crippen molar-refractivity contribution in [1.29, 1.82) is 0 Å². The predicted octanol–water partition coefficient (Wildman–Crippen LogP) is 12.4. The molecular weight excluding hydrogens is 631 g/mol. The summed E-state index contributed by atoms with van der Waals surface area (Å²) in [6.45, 7) is 0. The molecule has 0 aliphatic carbocycles. The van der Waals surface area contributed by atoms with Crippen molar-refractivity contribution in [3.05, 3.63) is 188 Å². The summed E-state index contributed by atoms with van der Waals surface area (Å²) in [5.41, 5.74) is 8.77. The molecule has 10 rings (SSSR count). The molecule has 52 heavy (non-hydrogen) atoms. The van der Waals surface area contributed by atoms with E-state index in [0.29, 0.717) is 5.82 Å². The fourth-order valence-corrected chi connectivity index (χ4v) is 7.40. The Morgan fingerprint density at radius 1 is 0.385 bits per heavy atom. The molecule has 0 amide bonds. The molecule has 0 saturated carbocycles. The number of pyridine rings is 1. The topological polar surface area (TPSA) is 38.7 Å². The molecule has 0 bridgehead atoms. The van der Waals surface area contributed by atoms with E-state index in [1.54, 1.807) is 6.20 Å². The lowest BCUT2D eigenvalue weighted by Crippen LogP contribution is -1.96. The predicted molar refractivity (Wildman–Crippen MR) is 215 cm³/mol. The van der Waals surface area contributed by atoms with Gasteiger partial charge in [0.05, 0.1) is 11.4 Å². The second-order valence-corrected chi connectivity index (χ2v) is 13.1. The van der Waals surface area contributed by atoms with Crippen LogP contribution >= 0.6 is 0 Å². The quantitative estimate of drug-likeness (QED) is 0.173. The van der Waals surface area contributed by atoms with Crippen LogP contribution in [0.5, 0.6) is 0 Å². The largest absolute Gasteiger partial charge is 0.264 e. The maximum Gasteiger partial charge on any atom is 0.160 e. The second-order valence-electron chi connectivity index (χ2n) is 13.1. The molecule has 2 aromatic heterocycles. The molecule has 0 aliphatic heterocycles. The molecule has 2 heterocycles. The molecule has 240 valence electrons. The zero-order valence-corrected chi connectivity index (χ0v) is 28.1. The minimum absolute atomic E-state index is 0.665. The van der Waals surface area contributed by atoms with Gasteiger partial charge >= 0.3 is 0 Å². The Morgan fingerprint density at radius 3 is 1.81 bits per heavy atom. The molecule has 3 nitrogen and oxygen atoms in total. The fourth-order valence-electron chi connectivity index (χ4n) is 7.40. The Balaban J connectivity index is 1.17. The van der Waals surface area contributed by atoms with E-state index >= 15 is 0 Å². The van der Waals surface area contributed by atoms with Crippen molar-refractivity contribution in [3.63, 3.8) is 0 Å². The van der Waals surface area contributed by atoms with Gasteiger partial charge in [-0.05, 0) is 96.7 Å². The third-order valence-electron chi connectivity index (χ3n) is 9.97. The van der Waals surface area contributed by atoms with E-state index in [-0.39, 0.29) is 0 Å². The highest BCUT2D eigenvalue weighted by Gasteiger charge is 2.15. The molecule has 3 heteroatoms. The Morgan fingerprint density at radius 2 is 1.04 bits per heavy atom. The molecule has 0 atom stereocenters. The van der Waals surface area contributed by atoms with Crippen LogP contribution in [0.1, 0.15) is 0 Å². The molecule has 0 spiro atoms. The first-order chi connectivity index (χ1) is 25.7. The molecule has 0 saturated heterocycles. The van der Waals surface area contributed by atoms with Crippen LogP contribution in [0.15, 0.2) is 176 Å². The van der Waals surface area contributed by atoms with Gasteiger partial charge in [-0.2, -0.15) is 0 Å². The van der Waals surface area contributed by atoms with E-state index in [0.717, 1.165) is 50.3 Å². The van der Waals surface area contributed by atoms with Gasteiger partial charge in [-0.25, -0.2) is 9.97 Å². The van der Waals surface area contributed by atoms with Crippen molar-refractivity contribution in [2.45, 2.75) is 0 Å². The van der Waals surface area contributed by atoms with Crippen molar-refractivity contribution < 1.29 is 0 Å². The normalized spacial score (nSPS) is 11.3. The molecule has 0 aliphatic rings. The van der Waals surface area contributed by atoms with E-state index < -0.39 is 0 Å². The van der Waals surface area contributed by atoms with Gasteiger partial charge in [0.2, 0.25) is 0 Å². The molecule has 10 aromatic rings. The van der Waals surface area contributed by atoms with Crippen molar-refractivity contribution >= 4 is 43.1 Å². The number of benzene rings is 7. The van der Waals surface area contributed by atoms with Gasteiger partial charge in [0.1, 0.15) is 0 Å². The SMILES string of the molecule is c1cc(-c2cc(-c3cccc(-c4cccnc4)c3)nc(-c3ccc4c5ccccc5c5ccccc5c4c3)n2)cc(-c2ccc3ccccc3c2)c#1. The third-order valence-corrected chi connectivity index (χ3v) is 9.97. The monoisotopic (exact) mass is 659 g/mol. The maximum atomic E-state index is 5.26. The minimum atomic E-state index is 0.665. The first-order valence-corrected chi connectivity index (χ1v) is 17.4. The van der Waals surface area contributed by atoms with Crippen molar-refractivity contribution in [3.8, 4) is 56.2 Å². The van der Waals surface area contributed by atoms with E-state index in [4.69, 9.17) is 9.97 Å². The summed E-state index contributed by atoms with van der Waals surface area (Å²) in [5.74, 6) is 0.665. The van der Waals surface area contributed by atoms with Gasteiger partial charge in [0.25, 0.3) is 0 Å². The smallest absolute Gasteiger partial charge is 0.160 e. The van der Waals surface area contributed by atoms with Crippen LogP contribution in [0.2, 0.25) is 0 Å². The first-order valence-electron chi connectivity index (χ1n) is 17.4. The van der Waals surface area contributed by atoms with Gasteiger partial charge in [0, 0.05) is 40.2 Å². The number of nitrogens with zero attached hydrogens (tertiary/aromatic N) is 3. The van der Waals surface area contributed by atoms with Crippen LogP contribution < -0.4 is 0 Å². The summed E-state index contributed by atoms with van der Waals surface area (Å²) in [6.07, 6.45) is 3.69. The van der Waals surface area contributed by atoms with Gasteiger partial charge in [-0.3, -0.25) is 4.98 Å². The third kappa shape index (κ3) is 5.22. The Kier molecular flexibility index (Phi) is 7.04. The first kappa shape index (κ1) is 29.7. The molecule has 8 aromatic carbocycles. The van der Waals surface area contributed by atoms with Crippen LogP contribution in [0.3, 0.4) is 0 Å². The van der Waals surface area contributed by atoms with Crippen molar-refractivity contribution in [1.82, 2.24) is 15.0 Å². The van der Waals surface area contributed by atoms with E-state index in [1.165, 1.54) is 43.1 Å². The van der Waals surface area contributed by atoms with E-state index in [9.17, 15) is 0 Å². The molecule has 0 N–H and O–H groups in total. The lowest BCUT2D eigenvalue weighted by atomic mass is 9.93. The van der Waals surface area contributed by atoms with Crippen molar-refractivity contribution in [2.75, 3.05) is 0 Å². The van der Waals surface area contributed by atoms with Gasteiger partial charge in [-0.1, -0.05) is 133 Å². The highest BCUT2D eigenvalue weighted by Crippen LogP contribution is 2.38. The summed E-state index contributed by atoms with van der Waals surface area (Å²) >= 11 is 0. The highest BCUT2D eigenvalue weighted by molar-refractivity contribution is 6.25. The summed E-state index contributed by atoms with van der Waals surface area (Å²) in [4.78, 5) is 14.9. The molecule has 0 radical (unpaired) electrons. The zero-order valence-electron chi connectivity index (χ0n) is 28.1. The van der Waals surface area contributed by atoms with E-state index in [2.05, 4.69) is 169 Å². The lowest BCUT2D eigenvalue weighted by Gasteiger charge is -2.13. The number of aromatic nitrogens is 3. The van der Waals surface area contributed by atoms with E-state index in [1.807, 2.05) is 18.3 Å². The van der Waals surface area contributed by atoms with Gasteiger partial charge in [-0.15, -0.1) is 0 Å². The van der Waals surface area contributed by atoms with Crippen LogP contribution in [-0.2, 0) is 0 Å². The number of hydrogen-bond donors (Lipinski definition) is 0.